The van der Waals surface area contributed by atoms with Gasteiger partial charge in [0.1, 0.15) is 0 Å². The second-order valence-electron chi connectivity index (χ2n) is 11.7. The van der Waals surface area contributed by atoms with Crippen molar-refractivity contribution in [1.29, 1.82) is 0 Å². The lowest BCUT2D eigenvalue weighted by Gasteiger charge is -2.40. The smallest absolute Gasteiger partial charge is 0.261 e. The number of hydrogen-bond donors (Lipinski definition) is 3. The zero-order valence-corrected chi connectivity index (χ0v) is 25.7. The molecule has 0 amide bonds. The number of fused-ring (bicyclic) bond motifs is 5. The Morgan fingerprint density at radius 1 is 0.805 bits per heavy atom. The minimum absolute atomic E-state index is 0.159. The fraction of sp³-hybridized carbons (Fsp3) is 0.621. The van der Waals surface area contributed by atoms with Gasteiger partial charge < -0.3 is 9.88 Å². The summed E-state index contributed by atoms with van der Waals surface area (Å²) in [6, 6.07) is 7.55. The zero-order valence-electron chi connectivity index (χ0n) is 24.1. The molecule has 12 heteroatoms. The average Bonchev–Trinajstić information content (AvgIpc) is 3.28. The third-order valence-electron chi connectivity index (χ3n) is 8.40. The van der Waals surface area contributed by atoms with E-state index in [2.05, 4.69) is 33.0 Å². The molecule has 1 aromatic carbocycles. The Hall–Kier alpha value is -2.09. The molecular formula is C29H43N3O7S2. The molecule has 2 aliphatic carbocycles. The van der Waals surface area contributed by atoms with Gasteiger partial charge >= 0.3 is 0 Å². The van der Waals surface area contributed by atoms with Crippen LogP contribution < -0.4 is 5.56 Å². The Kier molecular flexibility index (Phi) is 10.5. The van der Waals surface area contributed by atoms with Gasteiger partial charge in [-0.1, -0.05) is 24.6 Å². The third kappa shape index (κ3) is 9.20. The highest BCUT2D eigenvalue weighted by molar-refractivity contribution is 7.85. The topological polar surface area (TPSA) is 148 Å². The van der Waals surface area contributed by atoms with Gasteiger partial charge in [-0.05, 0) is 99.8 Å². The van der Waals surface area contributed by atoms with Crippen LogP contribution in [0, 0.1) is 0 Å². The maximum Gasteiger partial charge on any atom is 0.261 e. The molecule has 0 atom stereocenters. The molecule has 0 spiro atoms. The summed E-state index contributed by atoms with van der Waals surface area (Å²) >= 11 is 0. The Bertz CT molecular complexity index is 1440. The predicted octanol–water partition coefficient (Wildman–Crippen LogP) is 3.28. The highest BCUT2D eigenvalue weighted by atomic mass is 32.2. The molecule has 228 valence electrons. The van der Waals surface area contributed by atoms with E-state index in [4.69, 9.17) is 9.11 Å². The number of nitrogens with one attached hydrogen (secondary N) is 1. The van der Waals surface area contributed by atoms with Crippen molar-refractivity contribution in [2.75, 3.05) is 38.7 Å². The molecule has 4 aliphatic rings. The van der Waals surface area contributed by atoms with Crippen LogP contribution in [0.15, 0.2) is 23.0 Å². The number of aromatic amines is 1. The molecular weight excluding hydrogens is 566 g/mol. The van der Waals surface area contributed by atoms with Crippen LogP contribution in [-0.4, -0.2) is 85.5 Å². The summed E-state index contributed by atoms with van der Waals surface area (Å²) < 4.78 is 51.7. The SMILES string of the molecule is CS(=O)(=O)O.CS(=O)(=O)O.O=c1[nH]c2c(c3c1CCCC3)Cc1c(CN3CCC(N4CCCCC4)CC3)cccc1-2. The van der Waals surface area contributed by atoms with Gasteiger partial charge in [0.2, 0.25) is 0 Å². The van der Waals surface area contributed by atoms with Crippen LogP contribution in [0.4, 0.5) is 0 Å². The first-order valence-corrected chi connectivity index (χ1v) is 18.2. The standard InChI is InChI=1S/C27H35N3O.2CH4O3S/c31-27-23-9-3-2-8-21(23)25-17-24-19(7-6-10-22(24)26(25)28-27)18-29-15-11-20(12-16-29)30-13-4-1-5-14-30;2*1-5(2,3)4/h6-7,10,20H,1-5,8-9,11-18H2,(H,28,31);2*1H3,(H,2,3,4). The number of nitrogens with zero attached hydrogens (tertiary/aromatic N) is 2. The summed E-state index contributed by atoms with van der Waals surface area (Å²) in [4.78, 5) is 21.4. The first-order valence-electron chi connectivity index (χ1n) is 14.5. The number of H-pyrrole nitrogens is 1. The third-order valence-corrected chi connectivity index (χ3v) is 8.40. The van der Waals surface area contributed by atoms with Crippen molar-refractivity contribution >= 4 is 20.2 Å². The van der Waals surface area contributed by atoms with Gasteiger partial charge in [-0.15, -0.1) is 0 Å². The highest BCUT2D eigenvalue weighted by Gasteiger charge is 2.30. The van der Waals surface area contributed by atoms with Gasteiger partial charge in [-0.2, -0.15) is 16.8 Å². The quantitative estimate of drug-likeness (QED) is 0.381. The van der Waals surface area contributed by atoms with Crippen LogP contribution in [0.1, 0.15) is 72.8 Å². The minimum atomic E-state index is -3.67. The van der Waals surface area contributed by atoms with Gasteiger partial charge in [-0.3, -0.25) is 18.8 Å². The van der Waals surface area contributed by atoms with Gasteiger partial charge in [0.05, 0.1) is 18.2 Å². The Morgan fingerprint density at radius 3 is 2.00 bits per heavy atom. The van der Waals surface area contributed by atoms with Crippen LogP contribution >= 0.6 is 0 Å². The van der Waals surface area contributed by atoms with Crippen molar-refractivity contribution in [2.45, 2.75) is 76.8 Å². The van der Waals surface area contributed by atoms with E-state index in [1.54, 1.807) is 0 Å². The number of piperidine rings is 2. The van der Waals surface area contributed by atoms with Crippen molar-refractivity contribution in [2.24, 2.45) is 0 Å². The van der Waals surface area contributed by atoms with Gasteiger partial charge in [0, 0.05) is 30.1 Å². The summed E-state index contributed by atoms with van der Waals surface area (Å²) in [6.07, 6.45) is 13.7. The molecule has 2 aromatic rings. The summed E-state index contributed by atoms with van der Waals surface area (Å²) in [5.74, 6) is 0. The lowest BCUT2D eigenvalue weighted by molar-refractivity contribution is 0.0896. The number of benzene rings is 1. The first-order chi connectivity index (χ1) is 19.3. The predicted molar refractivity (Wildman–Crippen MR) is 161 cm³/mol. The Morgan fingerprint density at radius 2 is 1.39 bits per heavy atom. The van der Waals surface area contributed by atoms with E-state index in [-0.39, 0.29) is 5.56 Å². The van der Waals surface area contributed by atoms with Gasteiger partial charge in [0.25, 0.3) is 25.8 Å². The van der Waals surface area contributed by atoms with E-state index in [0.29, 0.717) is 12.5 Å². The molecule has 0 saturated carbocycles. The monoisotopic (exact) mass is 609 g/mol. The molecule has 0 unspecified atom stereocenters. The average molecular weight is 610 g/mol. The first kappa shape index (κ1) is 31.8. The molecule has 2 fully saturated rings. The van der Waals surface area contributed by atoms with E-state index >= 15 is 0 Å². The Labute approximate surface area is 243 Å². The molecule has 0 radical (unpaired) electrons. The minimum Gasteiger partial charge on any atom is -0.321 e. The number of likely N-dealkylation sites (tertiary alicyclic amines) is 2. The normalized spacial score (nSPS) is 19.6. The molecule has 2 aliphatic heterocycles. The zero-order chi connectivity index (χ0) is 29.8. The van der Waals surface area contributed by atoms with Crippen molar-refractivity contribution in [3.63, 3.8) is 0 Å². The van der Waals surface area contributed by atoms with E-state index < -0.39 is 20.2 Å². The van der Waals surface area contributed by atoms with E-state index in [0.717, 1.165) is 49.5 Å². The molecule has 10 nitrogen and oxygen atoms in total. The molecule has 1 aromatic heterocycles. The van der Waals surface area contributed by atoms with E-state index in [1.807, 2.05) is 0 Å². The molecule has 0 bridgehead atoms. The van der Waals surface area contributed by atoms with E-state index in [1.165, 1.54) is 92.5 Å². The number of hydrogen-bond acceptors (Lipinski definition) is 7. The van der Waals surface area contributed by atoms with E-state index in [9.17, 15) is 21.6 Å². The summed E-state index contributed by atoms with van der Waals surface area (Å²) in [7, 11) is -7.33. The molecule has 41 heavy (non-hydrogen) atoms. The molecule has 2 saturated heterocycles. The summed E-state index contributed by atoms with van der Waals surface area (Å²) in [5, 5.41) is 0. The van der Waals surface area contributed by atoms with Gasteiger partial charge in [-0.25, -0.2) is 0 Å². The summed E-state index contributed by atoms with van der Waals surface area (Å²) in [5.41, 5.74) is 9.34. The molecule has 3 heterocycles. The second-order valence-corrected chi connectivity index (χ2v) is 14.6. The lowest BCUT2D eigenvalue weighted by atomic mass is 9.88. The summed E-state index contributed by atoms with van der Waals surface area (Å²) in [6.45, 7) is 6.11. The maximum atomic E-state index is 12.7. The van der Waals surface area contributed by atoms with Crippen LogP contribution in [0.3, 0.4) is 0 Å². The van der Waals surface area contributed by atoms with Crippen LogP contribution in [0.2, 0.25) is 0 Å². The Balaban J connectivity index is 0.000000336. The number of aromatic nitrogens is 1. The van der Waals surface area contributed by atoms with Crippen molar-refractivity contribution in [3.8, 4) is 11.3 Å². The maximum absolute atomic E-state index is 12.7. The van der Waals surface area contributed by atoms with Crippen molar-refractivity contribution in [1.82, 2.24) is 14.8 Å². The second kappa shape index (κ2) is 13.5. The highest BCUT2D eigenvalue weighted by Crippen LogP contribution is 2.40. The fourth-order valence-corrected chi connectivity index (χ4v) is 6.70. The van der Waals surface area contributed by atoms with Gasteiger partial charge in [0.15, 0.2) is 0 Å². The lowest BCUT2D eigenvalue weighted by Crippen LogP contribution is -2.46. The van der Waals surface area contributed by atoms with Crippen LogP contribution in [0.25, 0.3) is 11.3 Å². The van der Waals surface area contributed by atoms with Crippen molar-refractivity contribution < 1.29 is 25.9 Å². The number of rotatable bonds is 3. The van der Waals surface area contributed by atoms with Crippen LogP contribution in [0.5, 0.6) is 0 Å². The van der Waals surface area contributed by atoms with Crippen molar-refractivity contribution in [3.05, 3.63) is 56.4 Å². The number of pyridine rings is 1. The molecule has 3 N–H and O–H groups in total. The largest absolute Gasteiger partial charge is 0.321 e. The van der Waals surface area contributed by atoms with Crippen LogP contribution in [-0.2, 0) is 46.0 Å². The molecule has 6 rings (SSSR count). The fourth-order valence-electron chi connectivity index (χ4n) is 6.70.